The molecule has 2 aromatic heterocycles. The summed E-state index contributed by atoms with van der Waals surface area (Å²) in [5, 5.41) is 0.114. The van der Waals surface area contributed by atoms with E-state index in [-0.39, 0.29) is 11.1 Å². The molecule has 1 aliphatic heterocycles. The molecule has 7 nitrogen and oxygen atoms in total. The van der Waals surface area contributed by atoms with Gasteiger partial charge in [0.15, 0.2) is 5.03 Å². The lowest BCUT2D eigenvalue weighted by Crippen LogP contribution is -2.30. The second kappa shape index (κ2) is 7.63. The maximum Gasteiger partial charge on any atom is 0.262 e. The topological polar surface area (TPSA) is 77.3 Å². The predicted octanol–water partition coefficient (Wildman–Crippen LogP) is 1.91. The first-order valence-corrected chi connectivity index (χ1v) is 9.91. The van der Waals surface area contributed by atoms with Crippen molar-refractivity contribution in [2.24, 2.45) is 5.92 Å². The number of rotatable bonds is 7. The monoisotopic (exact) mass is 364 g/mol. The normalized spacial score (nSPS) is 18.9. The van der Waals surface area contributed by atoms with E-state index >= 15 is 0 Å². The molecule has 1 saturated heterocycles. The van der Waals surface area contributed by atoms with E-state index in [0.717, 1.165) is 12.1 Å². The molecular weight excluding hydrogens is 340 g/mol. The van der Waals surface area contributed by atoms with Crippen molar-refractivity contribution >= 4 is 10.0 Å². The van der Waals surface area contributed by atoms with Crippen molar-refractivity contribution in [1.82, 2.24) is 18.8 Å². The van der Waals surface area contributed by atoms with E-state index in [2.05, 4.69) is 23.8 Å². The van der Waals surface area contributed by atoms with Crippen LogP contribution < -0.4 is 0 Å². The summed E-state index contributed by atoms with van der Waals surface area (Å²) in [4.78, 5) is 8.06. The molecule has 0 radical (unpaired) electrons. The van der Waals surface area contributed by atoms with Crippen molar-refractivity contribution in [3.05, 3.63) is 42.6 Å². The fourth-order valence-corrected chi connectivity index (χ4v) is 4.29. The molecule has 1 fully saturated rings. The zero-order valence-corrected chi connectivity index (χ0v) is 15.4. The first kappa shape index (κ1) is 18.0. The molecule has 0 N–H and O–H groups in total. The van der Waals surface area contributed by atoms with Gasteiger partial charge in [-0.25, -0.2) is 13.4 Å². The van der Waals surface area contributed by atoms with Crippen molar-refractivity contribution in [2.75, 3.05) is 13.1 Å². The Bertz CT molecular complexity index is 789. The van der Waals surface area contributed by atoms with E-state index in [9.17, 15) is 8.42 Å². The van der Waals surface area contributed by atoms with Crippen molar-refractivity contribution in [3.63, 3.8) is 0 Å². The third kappa shape index (κ3) is 4.45. The zero-order valence-electron chi connectivity index (χ0n) is 14.6. The van der Waals surface area contributed by atoms with E-state index in [1.54, 1.807) is 24.9 Å². The minimum atomic E-state index is -3.56. The number of imidazole rings is 1. The summed E-state index contributed by atoms with van der Waals surface area (Å²) in [5.41, 5.74) is 1.03. The standard InChI is InChI=1S/C17H24N4O3S/c1-14(2)9-20-11-17(19-13-20)25(22,23)21-8-5-16(10-21)24-12-15-3-6-18-7-4-15/h3-4,6-7,11,13-14,16H,5,8-10,12H2,1-2H3/t16-/m1/s1. The molecule has 0 unspecified atom stereocenters. The summed E-state index contributed by atoms with van der Waals surface area (Å²) in [6.45, 7) is 6.20. The summed E-state index contributed by atoms with van der Waals surface area (Å²) < 4.78 is 34.6. The molecule has 0 amide bonds. The molecule has 1 aliphatic rings. The number of ether oxygens (including phenoxy) is 1. The van der Waals surface area contributed by atoms with Gasteiger partial charge < -0.3 is 9.30 Å². The lowest BCUT2D eigenvalue weighted by Gasteiger charge is -2.15. The predicted molar refractivity (Wildman–Crippen MR) is 93.3 cm³/mol. The summed E-state index contributed by atoms with van der Waals surface area (Å²) in [5.74, 6) is 0.433. The minimum Gasteiger partial charge on any atom is -0.372 e. The Kier molecular flexibility index (Phi) is 5.51. The SMILES string of the molecule is CC(C)Cn1cnc(S(=O)(=O)N2CC[C@@H](OCc3ccncc3)C2)c1. The maximum atomic E-state index is 12.7. The minimum absolute atomic E-state index is 0.0966. The summed E-state index contributed by atoms with van der Waals surface area (Å²) in [6.07, 6.45) is 7.23. The molecule has 0 saturated carbocycles. The number of aromatic nitrogens is 3. The van der Waals surface area contributed by atoms with Crippen LogP contribution in [0.2, 0.25) is 0 Å². The van der Waals surface area contributed by atoms with Gasteiger partial charge in [-0.2, -0.15) is 4.31 Å². The van der Waals surface area contributed by atoms with Crippen molar-refractivity contribution in [1.29, 1.82) is 0 Å². The van der Waals surface area contributed by atoms with Gasteiger partial charge in [-0.05, 0) is 30.0 Å². The van der Waals surface area contributed by atoms with Crippen LogP contribution in [0.4, 0.5) is 0 Å². The largest absolute Gasteiger partial charge is 0.372 e. The lowest BCUT2D eigenvalue weighted by atomic mass is 10.2. The van der Waals surface area contributed by atoms with E-state index in [0.29, 0.717) is 32.0 Å². The molecule has 1 atom stereocenters. The fourth-order valence-electron chi connectivity index (χ4n) is 2.87. The van der Waals surface area contributed by atoms with Crippen molar-refractivity contribution < 1.29 is 13.2 Å². The highest BCUT2D eigenvalue weighted by Gasteiger charge is 2.34. The highest BCUT2D eigenvalue weighted by atomic mass is 32.2. The molecule has 3 rings (SSSR count). The summed E-state index contributed by atoms with van der Waals surface area (Å²) in [6, 6.07) is 3.79. The average molecular weight is 364 g/mol. The van der Waals surface area contributed by atoms with E-state index < -0.39 is 10.0 Å². The van der Waals surface area contributed by atoms with Gasteiger partial charge in [-0.15, -0.1) is 0 Å². The third-order valence-corrected chi connectivity index (χ3v) is 5.88. The smallest absolute Gasteiger partial charge is 0.262 e. The van der Waals surface area contributed by atoms with Crippen LogP contribution >= 0.6 is 0 Å². The van der Waals surface area contributed by atoms with Gasteiger partial charge in [0.2, 0.25) is 0 Å². The highest BCUT2D eigenvalue weighted by molar-refractivity contribution is 7.89. The Morgan fingerprint density at radius 1 is 1.32 bits per heavy atom. The van der Waals surface area contributed by atoms with Crippen LogP contribution in [0.5, 0.6) is 0 Å². The molecule has 0 bridgehead atoms. The van der Waals surface area contributed by atoms with Gasteiger partial charge in [0.1, 0.15) is 0 Å². The number of sulfonamides is 1. The number of hydrogen-bond donors (Lipinski definition) is 0. The van der Waals surface area contributed by atoms with Crippen LogP contribution in [0.1, 0.15) is 25.8 Å². The molecule has 0 aliphatic carbocycles. The molecule has 3 heterocycles. The Morgan fingerprint density at radius 3 is 2.80 bits per heavy atom. The van der Waals surface area contributed by atoms with Gasteiger partial charge in [-0.3, -0.25) is 4.98 Å². The highest BCUT2D eigenvalue weighted by Crippen LogP contribution is 2.22. The van der Waals surface area contributed by atoms with Gasteiger partial charge in [0.05, 0.1) is 19.0 Å². The molecular formula is C17H24N4O3S. The van der Waals surface area contributed by atoms with Crippen LogP contribution in [0.15, 0.2) is 42.1 Å². The van der Waals surface area contributed by atoms with Gasteiger partial charge >= 0.3 is 0 Å². The fraction of sp³-hybridized carbons (Fsp3) is 0.529. The number of pyridine rings is 1. The zero-order chi connectivity index (χ0) is 17.9. The second-order valence-electron chi connectivity index (χ2n) is 6.74. The molecule has 25 heavy (non-hydrogen) atoms. The third-order valence-electron chi connectivity index (χ3n) is 4.13. The van der Waals surface area contributed by atoms with Crippen LogP contribution in [0.25, 0.3) is 0 Å². The first-order valence-electron chi connectivity index (χ1n) is 8.47. The van der Waals surface area contributed by atoms with Gasteiger partial charge in [0, 0.05) is 38.2 Å². The summed E-state index contributed by atoms with van der Waals surface area (Å²) in [7, 11) is -3.56. The quantitative estimate of drug-likeness (QED) is 0.750. The molecule has 8 heteroatoms. The van der Waals surface area contributed by atoms with Crippen LogP contribution in [-0.2, 0) is 27.9 Å². The van der Waals surface area contributed by atoms with Crippen LogP contribution in [0, 0.1) is 5.92 Å². The second-order valence-corrected chi connectivity index (χ2v) is 8.63. The molecule has 0 spiro atoms. The van der Waals surface area contributed by atoms with E-state index in [1.165, 1.54) is 4.31 Å². The lowest BCUT2D eigenvalue weighted by molar-refractivity contribution is 0.0508. The summed E-state index contributed by atoms with van der Waals surface area (Å²) >= 11 is 0. The Morgan fingerprint density at radius 2 is 2.08 bits per heavy atom. The van der Waals surface area contributed by atoms with Gasteiger partial charge in [-0.1, -0.05) is 13.8 Å². The number of nitrogens with zero attached hydrogens (tertiary/aromatic N) is 4. The average Bonchev–Trinajstić information content (AvgIpc) is 3.23. The van der Waals surface area contributed by atoms with Crippen LogP contribution in [-0.4, -0.2) is 46.5 Å². The first-order chi connectivity index (χ1) is 11.9. The maximum absolute atomic E-state index is 12.7. The Hall–Kier alpha value is -1.77. The molecule has 0 aromatic carbocycles. The molecule has 2 aromatic rings. The van der Waals surface area contributed by atoms with Crippen LogP contribution in [0.3, 0.4) is 0 Å². The van der Waals surface area contributed by atoms with E-state index in [1.807, 2.05) is 16.7 Å². The van der Waals surface area contributed by atoms with E-state index in [4.69, 9.17) is 4.74 Å². The van der Waals surface area contributed by atoms with Crippen molar-refractivity contribution in [3.8, 4) is 0 Å². The Labute approximate surface area is 148 Å². The molecule has 136 valence electrons. The van der Waals surface area contributed by atoms with Gasteiger partial charge in [0.25, 0.3) is 10.0 Å². The van der Waals surface area contributed by atoms with Crippen molar-refractivity contribution in [2.45, 2.75) is 44.5 Å². The Balaban J connectivity index is 1.59. The number of hydrogen-bond acceptors (Lipinski definition) is 5.